The molecule has 0 bridgehead atoms. The summed E-state index contributed by atoms with van der Waals surface area (Å²) in [5.74, 6) is 0.0107. The minimum atomic E-state index is -0.184. The van der Waals surface area contributed by atoms with Crippen LogP contribution in [0.3, 0.4) is 0 Å². The molecule has 2 nitrogen and oxygen atoms in total. The molecule has 0 aliphatic carbocycles. The second-order valence-corrected chi connectivity index (χ2v) is 5.17. The average molecular weight is 268 g/mol. The van der Waals surface area contributed by atoms with Gasteiger partial charge in [0.15, 0.2) is 0 Å². The maximum atomic E-state index is 13.0. The number of halogens is 1. The van der Waals surface area contributed by atoms with Gasteiger partial charge in [-0.25, -0.2) is 4.39 Å². The quantitative estimate of drug-likeness (QED) is 0.804. The van der Waals surface area contributed by atoms with Gasteiger partial charge in [-0.2, -0.15) is 0 Å². The van der Waals surface area contributed by atoms with Crippen LogP contribution in [-0.2, 0) is 6.54 Å². The predicted octanol–water partition coefficient (Wildman–Crippen LogP) is 2.88. The van der Waals surface area contributed by atoms with Crippen LogP contribution in [0.25, 0.3) is 0 Å². The molecule has 1 atom stereocenters. The summed E-state index contributed by atoms with van der Waals surface area (Å²) in [6.07, 6.45) is 0. The molecule has 0 saturated carbocycles. The average Bonchev–Trinajstić information content (AvgIpc) is 2.31. The van der Waals surface area contributed by atoms with Gasteiger partial charge in [0, 0.05) is 19.0 Å². The number of benzene rings is 1. The third-order valence-electron chi connectivity index (χ3n) is 3.16. The lowest BCUT2D eigenvalue weighted by molar-refractivity contribution is 0.263. The molecule has 1 aromatic rings. The van der Waals surface area contributed by atoms with E-state index < -0.39 is 0 Å². The van der Waals surface area contributed by atoms with E-state index in [1.165, 1.54) is 6.07 Å². The molecule has 1 unspecified atom stereocenters. The van der Waals surface area contributed by atoms with E-state index in [0.717, 1.165) is 30.8 Å². The Labute approximate surface area is 114 Å². The van der Waals surface area contributed by atoms with Crippen molar-refractivity contribution in [3.8, 4) is 0 Å². The molecule has 18 heavy (non-hydrogen) atoms. The molecule has 1 rings (SSSR count). The van der Waals surface area contributed by atoms with Crippen molar-refractivity contribution in [1.29, 1.82) is 0 Å². The highest BCUT2D eigenvalue weighted by Gasteiger charge is 2.12. The van der Waals surface area contributed by atoms with Crippen LogP contribution in [-0.4, -0.2) is 23.0 Å². The Kier molecular flexibility index (Phi) is 5.69. The summed E-state index contributed by atoms with van der Waals surface area (Å²) >= 11 is 4.99. The summed E-state index contributed by atoms with van der Waals surface area (Å²) < 4.78 is 13.0. The number of nitrogens with two attached hydrogens (primary N) is 1. The molecule has 0 radical (unpaired) electrons. The minimum Gasteiger partial charge on any atom is -0.393 e. The summed E-state index contributed by atoms with van der Waals surface area (Å²) in [5, 5.41) is 0. The molecule has 0 heterocycles. The van der Waals surface area contributed by atoms with Crippen molar-refractivity contribution < 1.29 is 4.39 Å². The number of hydrogen-bond acceptors (Lipinski definition) is 2. The zero-order valence-corrected chi connectivity index (χ0v) is 12.1. The van der Waals surface area contributed by atoms with Gasteiger partial charge >= 0.3 is 0 Å². The summed E-state index contributed by atoms with van der Waals surface area (Å²) in [5.41, 5.74) is 7.77. The summed E-state index contributed by atoms with van der Waals surface area (Å²) in [6.45, 7) is 8.62. The van der Waals surface area contributed by atoms with E-state index >= 15 is 0 Å². The maximum absolute atomic E-state index is 13.0. The molecular formula is C14H21FN2S. The Morgan fingerprint density at radius 1 is 1.50 bits per heavy atom. The van der Waals surface area contributed by atoms with E-state index in [-0.39, 0.29) is 11.7 Å². The third kappa shape index (κ3) is 4.35. The van der Waals surface area contributed by atoms with Gasteiger partial charge in [-0.05, 0) is 36.7 Å². The van der Waals surface area contributed by atoms with Gasteiger partial charge in [-0.15, -0.1) is 0 Å². The van der Waals surface area contributed by atoms with E-state index in [2.05, 4.69) is 11.8 Å². The Hall–Kier alpha value is -1.00. The monoisotopic (exact) mass is 268 g/mol. The van der Waals surface area contributed by atoms with Crippen LogP contribution >= 0.6 is 12.2 Å². The van der Waals surface area contributed by atoms with Crippen molar-refractivity contribution in [2.24, 2.45) is 11.7 Å². The molecule has 0 aromatic heterocycles. The van der Waals surface area contributed by atoms with Gasteiger partial charge < -0.3 is 5.73 Å². The molecule has 2 N–H and O–H groups in total. The lowest BCUT2D eigenvalue weighted by Gasteiger charge is -2.24. The predicted molar refractivity (Wildman–Crippen MR) is 78.0 cm³/mol. The normalized spacial score (nSPS) is 12.7. The molecule has 4 heteroatoms. The number of rotatable bonds is 6. The van der Waals surface area contributed by atoms with Gasteiger partial charge in [-0.3, -0.25) is 4.90 Å². The smallest absolute Gasteiger partial charge is 0.123 e. The third-order valence-corrected chi connectivity index (χ3v) is 3.57. The first-order chi connectivity index (χ1) is 8.43. The Morgan fingerprint density at radius 3 is 2.67 bits per heavy atom. The first kappa shape index (κ1) is 15.1. The van der Waals surface area contributed by atoms with Crippen LogP contribution in [0.5, 0.6) is 0 Å². The van der Waals surface area contributed by atoms with Gasteiger partial charge in [-0.1, -0.05) is 32.1 Å². The van der Waals surface area contributed by atoms with E-state index in [9.17, 15) is 4.39 Å². The summed E-state index contributed by atoms with van der Waals surface area (Å²) in [7, 11) is 0. The molecule has 0 amide bonds. The van der Waals surface area contributed by atoms with Crippen LogP contribution in [0, 0.1) is 18.7 Å². The number of aryl methyl sites for hydroxylation is 1. The van der Waals surface area contributed by atoms with E-state index in [1.54, 1.807) is 6.07 Å². The van der Waals surface area contributed by atoms with E-state index in [4.69, 9.17) is 18.0 Å². The first-order valence-electron chi connectivity index (χ1n) is 6.20. The Balaban J connectivity index is 2.70. The zero-order valence-electron chi connectivity index (χ0n) is 11.2. The molecule has 100 valence electrons. The molecule has 1 aromatic carbocycles. The van der Waals surface area contributed by atoms with Gasteiger partial charge in [0.05, 0.1) is 4.99 Å². The van der Waals surface area contributed by atoms with Crippen LogP contribution in [0.4, 0.5) is 4.39 Å². The SMILES string of the molecule is CCN(Cc1ccc(F)cc1C)CC(C)C(N)=S. The molecule has 0 spiro atoms. The minimum absolute atomic E-state index is 0.184. The first-order valence-corrected chi connectivity index (χ1v) is 6.61. The number of nitrogens with zero attached hydrogens (tertiary/aromatic N) is 1. The van der Waals surface area contributed by atoms with Gasteiger partial charge in [0.25, 0.3) is 0 Å². The van der Waals surface area contributed by atoms with Crippen LogP contribution in [0.2, 0.25) is 0 Å². The molecular weight excluding hydrogens is 247 g/mol. The highest BCUT2D eigenvalue weighted by molar-refractivity contribution is 7.80. The zero-order chi connectivity index (χ0) is 13.7. The highest BCUT2D eigenvalue weighted by atomic mass is 32.1. The summed E-state index contributed by atoms with van der Waals surface area (Å²) in [4.78, 5) is 2.81. The fraction of sp³-hybridized carbons (Fsp3) is 0.500. The van der Waals surface area contributed by atoms with Crippen molar-refractivity contribution in [3.63, 3.8) is 0 Å². The standard InChI is InChI=1S/C14H21FN2S/c1-4-17(8-11(3)14(16)18)9-12-5-6-13(15)7-10(12)2/h5-7,11H,4,8-9H2,1-3H3,(H2,16,18). The fourth-order valence-corrected chi connectivity index (χ4v) is 1.93. The lowest BCUT2D eigenvalue weighted by atomic mass is 10.1. The lowest BCUT2D eigenvalue weighted by Crippen LogP contribution is -2.33. The van der Waals surface area contributed by atoms with Crippen molar-refractivity contribution in [2.75, 3.05) is 13.1 Å². The topological polar surface area (TPSA) is 29.3 Å². The van der Waals surface area contributed by atoms with Crippen LogP contribution < -0.4 is 5.73 Å². The second-order valence-electron chi connectivity index (χ2n) is 4.70. The van der Waals surface area contributed by atoms with Crippen molar-refractivity contribution in [3.05, 3.63) is 35.1 Å². The molecule has 0 saturated heterocycles. The second kappa shape index (κ2) is 6.81. The van der Waals surface area contributed by atoms with E-state index in [1.807, 2.05) is 19.9 Å². The van der Waals surface area contributed by atoms with Crippen LogP contribution in [0.15, 0.2) is 18.2 Å². The van der Waals surface area contributed by atoms with Gasteiger partial charge in [0.1, 0.15) is 5.82 Å². The molecule has 0 fully saturated rings. The van der Waals surface area contributed by atoms with Crippen LogP contribution in [0.1, 0.15) is 25.0 Å². The highest BCUT2D eigenvalue weighted by Crippen LogP contribution is 2.13. The van der Waals surface area contributed by atoms with Gasteiger partial charge in [0.2, 0.25) is 0 Å². The number of hydrogen-bond donors (Lipinski definition) is 1. The molecule has 0 aliphatic heterocycles. The van der Waals surface area contributed by atoms with E-state index in [0.29, 0.717) is 4.99 Å². The van der Waals surface area contributed by atoms with Crippen molar-refractivity contribution in [2.45, 2.75) is 27.3 Å². The van der Waals surface area contributed by atoms with Crippen molar-refractivity contribution in [1.82, 2.24) is 4.90 Å². The maximum Gasteiger partial charge on any atom is 0.123 e. The molecule has 0 aliphatic rings. The Bertz CT molecular complexity index is 420. The summed E-state index contributed by atoms with van der Waals surface area (Å²) in [6, 6.07) is 4.92. The largest absolute Gasteiger partial charge is 0.393 e. The Morgan fingerprint density at radius 2 is 2.17 bits per heavy atom. The number of thiocarbonyl (C=S) groups is 1. The van der Waals surface area contributed by atoms with Crippen molar-refractivity contribution >= 4 is 17.2 Å². The fourth-order valence-electron chi connectivity index (χ4n) is 1.86.